The van der Waals surface area contributed by atoms with Gasteiger partial charge < -0.3 is 10.6 Å². The first kappa shape index (κ1) is 13.1. The van der Waals surface area contributed by atoms with E-state index in [0.29, 0.717) is 0 Å². The molecule has 0 spiro atoms. The van der Waals surface area contributed by atoms with Crippen LogP contribution in [0.3, 0.4) is 0 Å². The van der Waals surface area contributed by atoms with E-state index >= 15 is 0 Å². The minimum Gasteiger partial charge on any atom is -0.376 e. The van der Waals surface area contributed by atoms with E-state index in [1.807, 2.05) is 60.7 Å². The largest absolute Gasteiger partial charge is 0.376 e. The molecule has 0 atom stereocenters. The van der Waals surface area contributed by atoms with Gasteiger partial charge in [-0.2, -0.15) is 0 Å². The summed E-state index contributed by atoms with van der Waals surface area (Å²) in [4.78, 5) is 16.3. The Kier molecular flexibility index (Phi) is 3.78. The maximum Gasteiger partial charge on any atom is 0.243 e. The molecule has 4 heteroatoms. The van der Waals surface area contributed by atoms with Crippen molar-refractivity contribution in [2.45, 2.75) is 0 Å². The topological polar surface area (TPSA) is 54.0 Å². The van der Waals surface area contributed by atoms with Crippen LogP contribution in [0.5, 0.6) is 0 Å². The fourth-order valence-corrected chi connectivity index (χ4v) is 2.14. The van der Waals surface area contributed by atoms with E-state index in [4.69, 9.17) is 0 Å². The molecule has 4 nitrogen and oxygen atoms in total. The Hall–Kier alpha value is -2.88. The highest BCUT2D eigenvalue weighted by Crippen LogP contribution is 2.20. The van der Waals surface area contributed by atoms with Gasteiger partial charge >= 0.3 is 0 Å². The van der Waals surface area contributed by atoms with Crippen LogP contribution in [0.2, 0.25) is 0 Å². The van der Waals surface area contributed by atoms with Crippen molar-refractivity contribution < 1.29 is 4.79 Å². The Morgan fingerprint density at radius 3 is 2.62 bits per heavy atom. The van der Waals surface area contributed by atoms with Crippen LogP contribution in [-0.4, -0.2) is 17.4 Å². The average Bonchev–Trinajstić information content (AvgIpc) is 2.54. The minimum atomic E-state index is -0.1000. The summed E-state index contributed by atoms with van der Waals surface area (Å²) >= 11 is 0. The molecule has 1 aromatic heterocycles. The fraction of sp³-hybridized carbons (Fsp3) is 0.0588. The van der Waals surface area contributed by atoms with Gasteiger partial charge in [0, 0.05) is 17.3 Å². The molecular weight excluding hydrogens is 262 g/mol. The van der Waals surface area contributed by atoms with Crippen molar-refractivity contribution in [2.75, 3.05) is 17.2 Å². The Morgan fingerprint density at radius 1 is 0.952 bits per heavy atom. The first-order chi connectivity index (χ1) is 10.3. The van der Waals surface area contributed by atoms with Crippen molar-refractivity contribution in [3.05, 3.63) is 66.9 Å². The van der Waals surface area contributed by atoms with Crippen molar-refractivity contribution in [1.29, 1.82) is 0 Å². The number of para-hydroxylation sites is 2. The number of carbonyl (C=O) groups excluding carboxylic acids is 1. The molecule has 0 aliphatic rings. The van der Waals surface area contributed by atoms with E-state index in [-0.39, 0.29) is 12.5 Å². The van der Waals surface area contributed by atoms with Crippen LogP contribution in [0.25, 0.3) is 10.9 Å². The van der Waals surface area contributed by atoms with Crippen LogP contribution in [0.15, 0.2) is 66.9 Å². The molecule has 1 amide bonds. The average molecular weight is 277 g/mol. The Balaban J connectivity index is 1.69. The number of nitrogens with zero attached hydrogens (tertiary/aromatic N) is 1. The third-order valence-corrected chi connectivity index (χ3v) is 3.13. The molecule has 1 heterocycles. The zero-order chi connectivity index (χ0) is 14.5. The van der Waals surface area contributed by atoms with Gasteiger partial charge in [0.15, 0.2) is 0 Å². The molecule has 0 aliphatic carbocycles. The molecular formula is C17H15N3O. The van der Waals surface area contributed by atoms with Gasteiger partial charge in [-0.3, -0.25) is 9.78 Å². The van der Waals surface area contributed by atoms with E-state index in [2.05, 4.69) is 15.6 Å². The second-order valence-corrected chi connectivity index (χ2v) is 4.65. The molecule has 0 radical (unpaired) electrons. The third kappa shape index (κ3) is 3.17. The monoisotopic (exact) mass is 277 g/mol. The van der Waals surface area contributed by atoms with Crippen molar-refractivity contribution >= 4 is 28.2 Å². The number of pyridine rings is 1. The predicted molar refractivity (Wildman–Crippen MR) is 85.3 cm³/mol. The second-order valence-electron chi connectivity index (χ2n) is 4.65. The molecule has 0 fully saturated rings. The number of carbonyl (C=O) groups is 1. The summed E-state index contributed by atoms with van der Waals surface area (Å²) in [6.45, 7) is 0.216. The van der Waals surface area contributed by atoms with Crippen molar-refractivity contribution in [3.63, 3.8) is 0 Å². The lowest BCUT2D eigenvalue weighted by atomic mass is 10.2. The molecule has 0 saturated heterocycles. The molecule has 3 rings (SSSR count). The molecule has 104 valence electrons. The molecule has 0 saturated carbocycles. The first-order valence-electron chi connectivity index (χ1n) is 6.75. The first-order valence-corrected chi connectivity index (χ1v) is 6.75. The number of hydrogen-bond donors (Lipinski definition) is 2. The third-order valence-electron chi connectivity index (χ3n) is 3.13. The highest BCUT2D eigenvalue weighted by Gasteiger charge is 2.06. The number of rotatable bonds is 4. The standard InChI is InChI=1S/C17H15N3O/c21-16(12-19-14-8-2-1-3-9-14)20-15-10-4-6-13-7-5-11-18-17(13)15/h1-11,19H,12H2,(H,20,21). The van der Waals surface area contributed by atoms with E-state index in [9.17, 15) is 4.79 Å². The van der Waals surface area contributed by atoms with E-state index in [0.717, 1.165) is 22.3 Å². The van der Waals surface area contributed by atoms with E-state index in [1.165, 1.54) is 0 Å². The molecule has 21 heavy (non-hydrogen) atoms. The summed E-state index contributed by atoms with van der Waals surface area (Å²) in [6, 6.07) is 19.2. The lowest BCUT2D eigenvalue weighted by Crippen LogP contribution is -2.21. The van der Waals surface area contributed by atoms with Crippen LogP contribution < -0.4 is 10.6 Å². The Labute approximate surface area is 122 Å². The van der Waals surface area contributed by atoms with Gasteiger partial charge in [0.05, 0.1) is 17.7 Å². The number of aromatic nitrogens is 1. The minimum absolute atomic E-state index is 0.1000. The van der Waals surface area contributed by atoms with Gasteiger partial charge in [0.25, 0.3) is 0 Å². The van der Waals surface area contributed by atoms with Gasteiger partial charge in [-0.1, -0.05) is 36.4 Å². The summed E-state index contributed by atoms with van der Waals surface area (Å²) in [7, 11) is 0. The zero-order valence-corrected chi connectivity index (χ0v) is 11.4. The SMILES string of the molecule is O=C(CNc1ccccc1)Nc1cccc2cccnc12. The van der Waals surface area contributed by atoms with Gasteiger partial charge in [-0.25, -0.2) is 0 Å². The number of fused-ring (bicyclic) bond motifs is 1. The number of hydrogen-bond acceptors (Lipinski definition) is 3. The van der Waals surface area contributed by atoms with E-state index in [1.54, 1.807) is 6.20 Å². The van der Waals surface area contributed by atoms with E-state index < -0.39 is 0 Å². The molecule has 2 aromatic carbocycles. The molecule has 3 aromatic rings. The van der Waals surface area contributed by atoms with Crippen molar-refractivity contribution in [1.82, 2.24) is 4.98 Å². The summed E-state index contributed by atoms with van der Waals surface area (Å²) in [6.07, 6.45) is 1.72. The molecule has 0 bridgehead atoms. The van der Waals surface area contributed by atoms with Crippen LogP contribution in [0.4, 0.5) is 11.4 Å². The quantitative estimate of drug-likeness (QED) is 0.769. The Bertz CT molecular complexity index is 751. The fourth-order valence-electron chi connectivity index (χ4n) is 2.14. The van der Waals surface area contributed by atoms with Crippen molar-refractivity contribution in [2.24, 2.45) is 0 Å². The lowest BCUT2D eigenvalue weighted by Gasteiger charge is -2.09. The van der Waals surface area contributed by atoms with Gasteiger partial charge in [0.1, 0.15) is 0 Å². The van der Waals surface area contributed by atoms with Gasteiger partial charge in [0.2, 0.25) is 5.91 Å². The number of amides is 1. The summed E-state index contributed by atoms with van der Waals surface area (Å²) in [5.41, 5.74) is 2.45. The molecule has 2 N–H and O–H groups in total. The molecule has 0 aliphatic heterocycles. The van der Waals surface area contributed by atoms with Crippen molar-refractivity contribution in [3.8, 4) is 0 Å². The maximum absolute atomic E-state index is 12.0. The normalized spacial score (nSPS) is 10.3. The highest BCUT2D eigenvalue weighted by atomic mass is 16.1. The van der Waals surface area contributed by atoms with Crippen LogP contribution in [0.1, 0.15) is 0 Å². The van der Waals surface area contributed by atoms with Gasteiger partial charge in [-0.05, 0) is 24.3 Å². The number of anilines is 2. The van der Waals surface area contributed by atoms with Crippen LogP contribution in [-0.2, 0) is 4.79 Å². The summed E-state index contributed by atoms with van der Waals surface area (Å²) in [5, 5.41) is 6.98. The molecule has 0 unspecified atom stereocenters. The van der Waals surface area contributed by atoms with Crippen LogP contribution in [0, 0.1) is 0 Å². The highest BCUT2D eigenvalue weighted by molar-refractivity contribution is 6.01. The predicted octanol–water partition coefficient (Wildman–Crippen LogP) is 3.29. The summed E-state index contributed by atoms with van der Waals surface area (Å²) in [5.74, 6) is -0.1000. The second kappa shape index (κ2) is 6.05. The zero-order valence-electron chi connectivity index (χ0n) is 11.4. The Morgan fingerprint density at radius 2 is 1.76 bits per heavy atom. The summed E-state index contributed by atoms with van der Waals surface area (Å²) < 4.78 is 0. The smallest absolute Gasteiger partial charge is 0.243 e. The number of benzene rings is 2. The van der Waals surface area contributed by atoms with Gasteiger partial charge in [-0.15, -0.1) is 0 Å². The lowest BCUT2D eigenvalue weighted by molar-refractivity contribution is -0.114. The van der Waals surface area contributed by atoms with Crippen LogP contribution >= 0.6 is 0 Å². The number of nitrogens with one attached hydrogen (secondary N) is 2. The maximum atomic E-state index is 12.0.